The van der Waals surface area contributed by atoms with Crippen molar-refractivity contribution in [3.63, 3.8) is 0 Å². The highest BCUT2D eigenvalue weighted by atomic mass is 32.2. The SMILES string of the molecule is CSc1ccccc1CN1CCC(CNC(=O)C(=O)Nc2ccc(C(F)(F)F)cc2)CC1. The molecule has 0 spiro atoms. The number of piperidine rings is 1. The van der Waals surface area contributed by atoms with Crippen LogP contribution in [0.2, 0.25) is 0 Å². The molecule has 0 saturated carbocycles. The van der Waals surface area contributed by atoms with E-state index in [1.807, 2.05) is 12.1 Å². The summed E-state index contributed by atoms with van der Waals surface area (Å²) in [6, 6.07) is 12.3. The Morgan fingerprint density at radius 3 is 2.31 bits per heavy atom. The van der Waals surface area contributed by atoms with Crippen LogP contribution in [-0.2, 0) is 22.3 Å². The number of halogens is 3. The summed E-state index contributed by atoms with van der Waals surface area (Å²) in [6.45, 7) is 3.13. The fourth-order valence-corrected chi connectivity index (χ4v) is 4.28. The minimum Gasteiger partial charge on any atom is -0.348 e. The number of nitrogens with zero attached hydrogens (tertiary/aromatic N) is 1. The number of hydrogen-bond acceptors (Lipinski definition) is 4. The van der Waals surface area contributed by atoms with Gasteiger partial charge in [0.15, 0.2) is 0 Å². The summed E-state index contributed by atoms with van der Waals surface area (Å²) in [6.07, 6.45) is -0.542. The first kappa shape index (κ1) is 24.1. The number of thioether (sulfide) groups is 1. The smallest absolute Gasteiger partial charge is 0.348 e. The van der Waals surface area contributed by atoms with Gasteiger partial charge in [0.2, 0.25) is 0 Å². The van der Waals surface area contributed by atoms with Crippen LogP contribution in [0.1, 0.15) is 24.0 Å². The second kappa shape index (κ2) is 10.9. The molecule has 32 heavy (non-hydrogen) atoms. The number of carbonyl (C=O) groups is 2. The Bertz CT molecular complexity index is 927. The lowest BCUT2D eigenvalue weighted by molar-refractivity contribution is -0.137. The van der Waals surface area contributed by atoms with Crippen molar-refractivity contribution in [3.05, 3.63) is 59.7 Å². The van der Waals surface area contributed by atoms with E-state index in [9.17, 15) is 22.8 Å². The largest absolute Gasteiger partial charge is 0.416 e. The van der Waals surface area contributed by atoms with E-state index in [0.29, 0.717) is 6.54 Å². The van der Waals surface area contributed by atoms with Crippen LogP contribution in [0, 0.1) is 5.92 Å². The van der Waals surface area contributed by atoms with Crippen LogP contribution in [0.25, 0.3) is 0 Å². The standard InChI is InChI=1S/C23H26F3N3O2S/c1-32-20-5-3-2-4-17(20)15-29-12-10-16(11-13-29)14-27-21(30)22(31)28-19-8-6-18(7-9-19)23(24,25)26/h2-9,16H,10-15H2,1H3,(H,27,30)(H,28,31). The highest BCUT2D eigenvalue weighted by Crippen LogP contribution is 2.29. The van der Waals surface area contributed by atoms with Crippen LogP contribution in [0.15, 0.2) is 53.4 Å². The van der Waals surface area contributed by atoms with Gasteiger partial charge in [-0.2, -0.15) is 13.2 Å². The zero-order chi connectivity index (χ0) is 23.1. The number of anilines is 1. The van der Waals surface area contributed by atoms with Gasteiger partial charge in [-0.05, 0) is 74.0 Å². The van der Waals surface area contributed by atoms with Crippen LogP contribution in [0.5, 0.6) is 0 Å². The molecule has 2 aromatic carbocycles. The summed E-state index contributed by atoms with van der Waals surface area (Å²) in [5, 5.41) is 4.96. The van der Waals surface area contributed by atoms with Gasteiger partial charge in [-0.25, -0.2) is 0 Å². The Kier molecular flexibility index (Phi) is 8.20. The van der Waals surface area contributed by atoms with E-state index in [-0.39, 0.29) is 11.6 Å². The Morgan fingerprint density at radius 1 is 1.03 bits per heavy atom. The van der Waals surface area contributed by atoms with Crippen molar-refractivity contribution in [1.82, 2.24) is 10.2 Å². The zero-order valence-corrected chi connectivity index (χ0v) is 18.6. The normalized spacial score (nSPS) is 15.4. The summed E-state index contributed by atoms with van der Waals surface area (Å²) in [5.41, 5.74) is 0.631. The predicted octanol–water partition coefficient (Wildman–Crippen LogP) is 4.39. The van der Waals surface area contributed by atoms with Crippen LogP contribution in [-0.4, -0.2) is 42.6 Å². The molecule has 1 fully saturated rings. The molecule has 1 heterocycles. The molecule has 2 aromatic rings. The second-order valence-corrected chi connectivity index (χ2v) is 8.62. The molecule has 0 radical (unpaired) electrons. The summed E-state index contributed by atoms with van der Waals surface area (Å²) >= 11 is 1.74. The summed E-state index contributed by atoms with van der Waals surface area (Å²) in [4.78, 5) is 27.8. The van der Waals surface area contributed by atoms with Gasteiger partial charge in [0.05, 0.1) is 5.56 Å². The molecule has 0 bridgehead atoms. The minimum absolute atomic E-state index is 0.136. The third kappa shape index (κ3) is 6.74. The maximum atomic E-state index is 12.6. The van der Waals surface area contributed by atoms with Crippen molar-refractivity contribution >= 4 is 29.3 Å². The number of nitrogens with one attached hydrogen (secondary N) is 2. The third-order valence-electron chi connectivity index (χ3n) is 5.52. The molecule has 1 aliphatic heterocycles. The van der Waals surface area contributed by atoms with Gasteiger partial charge in [-0.3, -0.25) is 14.5 Å². The van der Waals surface area contributed by atoms with Gasteiger partial charge in [0.25, 0.3) is 0 Å². The lowest BCUT2D eigenvalue weighted by Crippen LogP contribution is -2.41. The highest BCUT2D eigenvalue weighted by molar-refractivity contribution is 7.98. The van der Waals surface area contributed by atoms with Crippen molar-refractivity contribution in [2.75, 3.05) is 31.2 Å². The lowest BCUT2D eigenvalue weighted by Gasteiger charge is -2.32. The number of hydrogen-bond donors (Lipinski definition) is 2. The van der Waals surface area contributed by atoms with E-state index in [0.717, 1.165) is 56.7 Å². The number of carbonyl (C=O) groups excluding carboxylic acids is 2. The topological polar surface area (TPSA) is 61.4 Å². The van der Waals surface area contributed by atoms with E-state index in [4.69, 9.17) is 0 Å². The molecule has 5 nitrogen and oxygen atoms in total. The molecule has 0 atom stereocenters. The molecule has 1 saturated heterocycles. The van der Waals surface area contributed by atoms with Crippen molar-refractivity contribution < 1.29 is 22.8 Å². The molecule has 0 aliphatic carbocycles. The summed E-state index contributed by atoms with van der Waals surface area (Å²) in [7, 11) is 0. The maximum absolute atomic E-state index is 12.6. The Morgan fingerprint density at radius 2 is 1.69 bits per heavy atom. The Balaban J connectivity index is 1.40. The summed E-state index contributed by atoms with van der Waals surface area (Å²) in [5.74, 6) is -1.40. The predicted molar refractivity (Wildman–Crippen MR) is 119 cm³/mol. The van der Waals surface area contributed by atoms with Crippen LogP contribution in [0.3, 0.4) is 0 Å². The fraction of sp³-hybridized carbons (Fsp3) is 0.391. The average molecular weight is 466 g/mol. The second-order valence-electron chi connectivity index (χ2n) is 7.77. The van der Waals surface area contributed by atoms with E-state index in [1.165, 1.54) is 10.5 Å². The number of amides is 2. The Labute approximate surface area is 189 Å². The van der Waals surface area contributed by atoms with Gasteiger partial charge in [-0.15, -0.1) is 11.8 Å². The average Bonchev–Trinajstić information content (AvgIpc) is 2.78. The Hall–Kier alpha value is -2.52. The monoisotopic (exact) mass is 465 g/mol. The van der Waals surface area contributed by atoms with Crippen molar-refractivity contribution in [2.45, 2.75) is 30.5 Å². The quantitative estimate of drug-likeness (QED) is 0.491. The van der Waals surface area contributed by atoms with Gasteiger partial charge < -0.3 is 10.6 Å². The van der Waals surface area contributed by atoms with E-state index in [2.05, 4.69) is 33.9 Å². The van der Waals surface area contributed by atoms with Crippen LogP contribution >= 0.6 is 11.8 Å². The van der Waals surface area contributed by atoms with Gasteiger partial charge in [0.1, 0.15) is 0 Å². The fourth-order valence-electron chi connectivity index (χ4n) is 3.67. The third-order valence-corrected chi connectivity index (χ3v) is 6.36. The van der Waals surface area contributed by atoms with Crippen molar-refractivity contribution in [2.24, 2.45) is 5.92 Å². The first-order valence-electron chi connectivity index (χ1n) is 10.4. The number of alkyl halides is 3. The molecular formula is C23H26F3N3O2S. The highest BCUT2D eigenvalue weighted by Gasteiger charge is 2.30. The number of rotatable bonds is 6. The molecule has 0 unspecified atom stereocenters. The van der Waals surface area contributed by atoms with Gasteiger partial charge in [-0.1, -0.05) is 18.2 Å². The molecule has 2 N–H and O–H groups in total. The summed E-state index contributed by atoms with van der Waals surface area (Å²) < 4.78 is 37.8. The van der Waals surface area contributed by atoms with E-state index in [1.54, 1.807) is 11.8 Å². The molecule has 9 heteroatoms. The van der Waals surface area contributed by atoms with E-state index < -0.39 is 23.6 Å². The molecule has 1 aliphatic rings. The van der Waals surface area contributed by atoms with Gasteiger partial charge in [0, 0.05) is 23.7 Å². The van der Waals surface area contributed by atoms with Crippen LogP contribution in [0.4, 0.5) is 18.9 Å². The first-order chi connectivity index (χ1) is 15.3. The molecular weight excluding hydrogens is 439 g/mol. The zero-order valence-electron chi connectivity index (χ0n) is 17.7. The molecule has 3 rings (SSSR count). The van der Waals surface area contributed by atoms with Crippen molar-refractivity contribution in [3.8, 4) is 0 Å². The molecule has 2 amide bonds. The van der Waals surface area contributed by atoms with Crippen LogP contribution < -0.4 is 10.6 Å². The maximum Gasteiger partial charge on any atom is 0.416 e. The van der Waals surface area contributed by atoms with Crippen molar-refractivity contribution in [1.29, 1.82) is 0 Å². The first-order valence-corrected chi connectivity index (χ1v) is 11.6. The van der Waals surface area contributed by atoms with E-state index >= 15 is 0 Å². The number of likely N-dealkylation sites (tertiary alicyclic amines) is 1. The molecule has 172 valence electrons. The molecule has 0 aromatic heterocycles. The minimum atomic E-state index is -4.45. The van der Waals surface area contributed by atoms with Gasteiger partial charge >= 0.3 is 18.0 Å². The number of benzene rings is 2. The lowest BCUT2D eigenvalue weighted by atomic mass is 9.96.